The number of likely N-dealkylation sites (tertiary alicyclic amines) is 1. The SMILES string of the molecule is CC1CCN(CCOc2ccc(C(N)=O)cc2)CC1.Cl. The fourth-order valence-electron chi connectivity index (χ4n) is 2.29. The van der Waals surface area contributed by atoms with Gasteiger partial charge in [0.2, 0.25) is 5.91 Å². The minimum atomic E-state index is -0.408. The number of carbonyl (C=O) groups is 1. The highest BCUT2D eigenvalue weighted by Gasteiger charge is 2.15. The zero-order valence-corrected chi connectivity index (χ0v) is 12.7. The number of rotatable bonds is 5. The molecule has 5 heteroatoms. The summed E-state index contributed by atoms with van der Waals surface area (Å²) in [5.74, 6) is 1.24. The smallest absolute Gasteiger partial charge is 0.248 e. The van der Waals surface area contributed by atoms with E-state index in [9.17, 15) is 4.79 Å². The Balaban J connectivity index is 0.00000200. The molecule has 20 heavy (non-hydrogen) atoms. The van der Waals surface area contributed by atoms with Crippen molar-refractivity contribution in [1.29, 1.82) is 0 Å². The van der Waals surface area contributed by atoms with E-state index < -0.39 is 5.91 Å². The predicted molar refractivity (Wildman–Crippen MR) is 82.5 cm³/mol. The van der Waals surface area contributed by atoms with E-state index >= 15 is 0 Å². The highest BCUT2D eigenvalue weighted by Crippen LogP contribution is 2.16. The van der Waals surface area contributed by atoms with Crippen LogP contribution in [0.5, 0.6) is 5.75 Å². The highest BCUT2D eigenvalue weighted by molar-refractivity contribution is 5.92. The minimum Gasteiger partial charge on any atom is -0.492 e. The average molecular weight is 299 g/mol. The number of halogens is 1. The Hall–Kier alpha value is -1.26. The van der Waals surface area contributed by atoms with Crippen molar-refractivity contribution >= 4 is 18.3 Å². The molecule has 112 valence electrons. The van der Waals surface area contributed by atoms with Gasteiger partial charge in [0.1, 0.15) is 12.4 Å². The molecule has 2 rings (SSSR count). The number of carbonyl (C=O) groups excluding carboxylic acids is 1. The molecule has 1 aliphatic heterocycles. The normalized spacial score (nSPS) is 16.4. The number of benzene rings is 1. The van der Waals surface area contributed by atoms with Crippen molar-refractivity contribution in [2.45, 2.75) is 19.8 Å². The number of nitrogens with two attached hydrogens (primary N) is 1. The van der Waals surface area contributed by atoms with Crippen molar-refractivity contribution in [3.8, 4) is 5.75 Å². The zero-order chi connectivity index (χ0) is 13.7. The van der Waals surface area contributed by atoms with Gasteiger partial charge in [0.15, 0.2) is 0 Å². The van der Waals surface area contributed by atoms with Crippen molar-refractivity contribution in [2.75, 3.05) is 26.2 Å². The first kappa shape index (κ1) is 16.8. The van der Waals surface area contributed by atoms with Gasteiger partial charge in [-0.2, -0.15) is 0 Å². The van der Waals surface area contributed by atoms with E-state index in [1.165, 1.54) is 25.9 Å². The summed E-state index contributed by atoms with van der Waals surface area (Å²) in [5, 5.41) is 0. The van der Waals surface area contributed by atoms with E-state index in [2.05, 4.69) is 11.8 Å². The number of piperidine rings is 1. The van der Waals surface area contributed by atoms with Gasteiger partial charge >= 0.3 is 0 Å². The van der Waals surface area contributed by atoms with Crippen LogP contribution < -0.4 is 10.5 Å². The summed E-state index contributed by atoms with van der Waals surface area (Å²) < 4.78 is 5.68. The molecule has 0 aromatic heterocycles. The molecular formula is C15H23ClN2O2. The molecule has 0 radical (unpaired) electrons. The summed E-state index contributed by atoms with van der Waals surface area (Å²) in [6.07, 6.45) is 2.57. The first-order chi connectivity index (χ1) is 9.15. The van der Waals surface area contributed by atoms with Crippen LogP contribution in [0.1, 0.15) is 30.1 Å². The second kappa shape index (κ2) is 8.12. The summed E-state index contributed by atoms with van der Waals surface area (Å²) in [6, 6.07) is 6.97. The summed E-state index contributed by atoms with van der Waals surface area (Å²) >= 11 is 0. The fraction of sp³-hybridized carbons (Fsp3) is 0.533. The summed E-state index contributed by atoms with van der Waals surface area (Å²) in [4.78, 5) is 13.4. The van der Waals surface area contributed by atoms with Gasteiger partial charge in [-0.25, -0.2) is 0 Å². The standard InChI is InChI=1S/C15H22N2O2.ClH/c1-12-6-8-17(9-7-12)10-11-19-14-4-2-13(3-5-14)15(16)18;/h2-5,12H,6-11H2,1H3,(H2,16,18);1H. The first-order valence-corrected chi connectivity index (χ1v) is 6.90. The lowest BCUT2D eigenvalue weighted by molar-refractivity contribution is 0.1000. The molecule has 1 saturated heterocycles. The molecule has 4 nitrogen and oxygen atoms in total. The summed E-state index contributed by atoms with van der Waals surface area (Å²) in [7, 11) is 0. The van der Waals surface area contributed by atoms with E-state index in [-0.39, 0.29) is 12.4 Å². The van der Waals surface area contributed by atoms with Crippen LogP contribution in [0.15, 0.2) is 24.3 Å². The van der Waals surface area contributed by atoms with Gasteiger partial charge in [0.25, 0.3) is 0 Å². The molecule has 0 saturated carbocycles. The molecule has 0 aliphatic carbocycles. The molecule has 1 aromatic carbocycles. The average Bonchev–Trinajstić information content (AvgIpc) is 2.41. The molecule has 1 heterocycles. The lowest BCUT2D eigenvalue weighted by atomic mass is 9.99. The largest absolute Gasteiger partial charge is 0.492 e. The molecular weight excluding hydrogens is 276 g/mol. The van der Waals surface area contributed by atoms with Gasteiger partial charge in [0.05, 0.1) is 0 Å². The maximum Gasteiger partial charge on any atom is 0.248 e. The third-order valence-electron chi connectivity index (χ3n) is 3.69. The van der Waals surface area contributed by atoms with Crippen LogP contribution in [0.4, 0.5) is 0 Å². The van der Waals surface area contributed by atoms with Crippen LogP contribution >= 0.6 is 12.4 Å². The van der Waals surface area contributed by atoms with Crippen LogP contribution in [0.3, 0.4) is 0 Å². The molecule has 1 amide bonds. The van der Waals surface area contributed by atoms with Crippen molar-refractivity contribution < 1.29 is 9.53 Å². The Morgan fingerprint density at radius 1 is 1.30 bits per heavy atom. The van der Waals surface area contributed by atoms with Crippen molar-refractivity contribution in [3.05, 3.63) is 29.8 Å². The van der Waals surface area contributed by atoms with Crippen molar-refractivity contribution in [3.63, 3.8) is 0 Å². The van der Waals surface area contributed by atoms with Crippen LogP contribution in [0.25, 0.3) is 0 Å². The molecule has 0 spiro atoms. The Morgan fingerprint density at radius 2 is 1.90 bits per heavy atom. The number of amides is 1. The van der Waals surface area contributed by atoms with Gasteiger partial charge in [0, 0.05) is 12.1 Å². The van der Waals surface area contributed by atoms with Gasteiger partial charge in [-0.1, -0.05) is 6.92 Å². The molecule has 0 bridgehead atoms. The number of nitrogens with zero attached hydrogens (tertiary/aromatic N) is 1. The highest BCUT2D eigenvalue weighted by atomic mass is 35.5. The maximum absolute atomic E-state index is 10.9. The van der Waals surface area contributed by atoms with Crippen LogP contribution in [-0.2, 0) is 0 Å². The molecule has 1 aromatic rings. The Labute approximate surface area is 126 Å². The zero-order valence-electron chi connectivity index (χ0n) is 11.9. The number of hydrogen-bond acceptors (Lipinski definition) is 3. The van der Waals surface area contributed by atoms with Gasteiger partial charge in [-0.15, -0.1) is 12.4 Å². The lowest BCUT2D eigenvalue weighted by Crippen LogP contribution is -2.35. The molecule has 2 N–H and O–H groups in total. The number of hydrogen-bond donors (Lipinski definition) is 1. The van der Waals surface area contributed by atoms with Crippen LogP contribution in [0, 0.1) is 5.92 Å². The number of primary amides is 1. The summed E-state index contributed by atoms with van der Waals surface area (Å²) in [6.45, 7) is 6.30. The molecule has 0 atom stereocenters. The second-order valence-corrected chi connectivity index (χ2v) is 5.26. The molecule has 1 aliphatic rings. The van der Waals surface area contributed by atoms with E-state index in [4.69, 9.17) is 10.5 Å². The maximum atomic E-state index is 10.9. The fourth-order valence-corrected chi connectivity index (χ4v) is 2.29. The van der Waals surface area contributed by atoms with E-state index in [1.54, 1.807) is 24.3 Å². The van der Waals surface area contributed by atoms with Gasteiger partial charge < -0.3 is 10.5 Å². The second-order valence-electron chi connectivity index (χ2n) is 5.26. The summed E-state index contributed by atoms with van der Waals surface area (Å²) in [5.41, 5.74) is 5.70. The van der Waals surface area contributed by atoms with E-state index in [1.807, 2.05) is 0 Å². The molecule has 0 unspecified atom stereocenters. The van der Waals surface area contributed by atoms with Gasteiger partial charge in [-0.3, -0.25) is 9.69 Å². The van der Waals surface area contributed by atoms with Crippen molar-refractivity contribution in [1.82, 2.24) is 4.90 Å². The third-order valence-corrected chi connectivity index (χ3v) is 3.69. The van der Waals surface area contributed by atoms with Crippen LogP contribution in [0.2, 0.25) is 0 Å². The first-order valence-electron chi connectivity index (χ1n) is 6.90. The Kier molecular flexibility index (Phi) is 6.82. The molecule has 1 fully saturated rings. The monoisotopic (exact) mass is 298 g/mol. The predicted octanol–water partition coefficient (Wildman–Crippen LogP) is 2.32. The van der Waals surface area contributed by atoms with Gasteiger partial charge in [-0.05, 0) is 56.1 Å². The van der Waals surface area contributed by atoms with Crippen molar-refractivity contribution in [2.24, 2.45) is 11.7 Å². The quantitative estimate of drug-likeness (QED) is 0.907. The Bertz CT molecular complexity index is 414. The topological polar surface area (TPSA) is 55.6 Å². The van der Waals surface area contributed by atoms with E-state index in [0.29, 0.717) is 12.2 Å². The third kappa shape index (κ3) is 5.02. The number of ether oxygens (including phenoxy) is 1. The van der Waals surface area contributed by atoms with Crippen LogP contribution in [-0.4, -0.2) is 37.0 Å². The Morgan fingerprint density at radius 3 is 2.45 bits per heavy atom. The van der Waals surface area contributed by atoms with E-state index in [0.717, 1.165) is 18.2 Å². The lowest BCUT2D eigenvalue weighted by Gasteiger charge is -2.29. The minimum absolute atomic E-state index is 0.